The highest BCUT2D eigenvalue weighted by Gasteiger charge is 2.17. The molecule has 0 unspecified atom stereocenters. The van der Waals surface area contributed by atoms with Crippen LogP contribution in [-0.2, 0) is 0 Å². The van der Waals surface area contributed by atoms with Gasteiger partial charge in [-0.1, -0.05) is 37.3 Å². The first-order valence-corrected chi connectivity index (χ1v) is 7.75. The van der Waals surface area contributed by atoms with Gasteiger partial charge in [0.2, 0.25) is 0 Å². The zero-order valence-electron chi connectivity index (χ0n) is 7.90. The van der Waals surface area contributed by atoms with E-state index in [1.54, 1.807) is 0 Å². The second-order valence-corrected chi connectivity index (χ2v) is 9.15. The summed E-state index contributed by atoms with van der Waals surface area (Å²) in [6, 6.07) is 2.76. The Morgan fingerprint density at radius 2 is 1.36 bits per heavy atom. The maximum Gasteiger partial charge on any atom is 0.0479 e. The molecule has 0 aliphatic carbocycles. The summed E-state index contributed by atoms with van der Waals surface area (Å²) < 4.78 is 0. The molecule has 0 saturated carbocycles. The summed E-state index contributed by atoms with van der Waals surface area (Å²) in [5, 5.41) is 0. The third kappa shape index (κ3) is 6.11. The highest BCUT2D eigenvalue weighted by atomic mass is 28.3. The van der Waals surface area contributed by atoms with Gasteiger partial charge in [-0.15, -0.1) is 13.2 Å². The van der Waals surface area contributed by atoms with Crippen LogP contribution in [0.15, 0.2) is 25.3 Å². The van der Waals surface area contributed by atoms with E-state index in [1.165, 1.54) is 24.9 Å². The standard InChI is InChI=1S/C10H20Si/c1-5-7-9-11(3,4)10-8-6-2/h5-6H,1-2,7-10H2,3-4H3. The van der Waals surface area contributed by atoms with Gasteiger partial charge < -0.3 is 0 Å². The average Bonchev–Trinajstić information content (AvgIpc) is 1.97. The first-order valence-electron chi connectivity index (χ1n) is 4.34. The van der Waals surface area contributed by atoms with Gasteiger partial charge >= 0.3 is 0 Å². The summed E-state index contributed by atoms with van der Waals surface area (Å²) >= 11 is 0. The second kappa shape index (κ2) is 5.36. The topological polar surface area (TPSA) is 0 Å². The Labute approximate surface area is 72.0 Å². The monoisotopic (exact) mass is 168 g/mol. The van der Waals surface area contributed by atoms with Crippen LogP contribution in [0, 0.1) is 0 Å². The maximum absolute atomic E-state index is 3.75. The van der Waals surface area contributed by atoms with Crippen LogP contribution in [0.5, 0.6) is 0 Å². The molecule has 0 aromatic heterocycles. The number of allylic oxidation sites excluding steroid dienone is 2. The van der Waals surface area contributed by atoms with E-state index in [9.17, 15) is 0 Å². The number of hydrogen-bond acceptors (Lipinski definition) is 0. The van der Waals surface area contributed by atoms with Gasteiger partial charge in [-0.2, -0.15) is 0 Å². The van der Waals surface area contributed by atoms with E-state index in [0.717, 1.165) is 0 Å². The summed E-state index contributed by atoms with van der Waals surface area (Å²) in [5.41, 5.74) is 0. The summed E-state index contributed by atoms with van der Waals surface area (Å²) in [4.78, 5) is 0. The number of hydrogen-bond donors (Lipinski definition) is 0. The molecule has 0 atom stereocenters. The normalized spacial score (nSPS) is 11.1. The Morgan fingerprint density at radius 1 is 1.00 bits per heavy atom. The Bertz CT molecular complexity index is 111. The largest absolute Gasteiger partial charge is 0.103 e. The minimum Gasteiger partial charge on any atom is -0.103 e. The van der Waals surface area contributed by atoms with E-state index in [2.05, 4.69) is 26.3 Å². The van der Waals surface area contributed by atoms with E-state index in [0.29, 0.717) is 0 Å². The molecule has 0 nitrogen and oxygen atoms in total. The summed E-state index contributed by atoms with van der Waals surface area (Å²) in [6.07, 6.45) is 6.44. The summed E-state index contributed by atoms with van der Waals surface area (Å²) in [7, 11) is -0.888. The third-order valence-electron chi connectivity index (χ3n) is 2.05. The van der Waals surface area contributed by atoms with Crippen LogP contribution in [0.4, 0.5) is 0 Å². The predicted octanol–water partition coefficient (Wildman–Crippen LogP) is 3.85. The van der Waals surface area contributed by atoms with E-state index in [-0.39, 0.29) is 0 Å². The molecule has 0 aromatic rings. The van der Waals surface area contributed by atoms with Gasteiger partial charge in [-0.25, -0.2) is 0 Å². The maximum atomic E-state index is 3.75. The molecule has 0 saturated heterocycles. The highest BCUT2D eigenvalue weighted by molar-refractivity contribution is 6.77. The van der Waals surface area contributed by atoms with E-state index in [1.807, 2.05) is 12.2 Å². The highest BCUT2D eigenvalue weighted by Crippen LogP contribution is 2.19. The molecule has 0 aliphatic rings. The van der Waals surface area contributed by atoms with Crippen LogP contribution >= 0.6 is 0 Å². The van der Waals surface area contributed by atoms with Crippen LogP contribution in [-0.4, -0.2) is 8.07 Å². The van der Waals surface area contributed by atoms with Crippen LogP contribution in [0.3, 0.4) is 0 Å². The SMILES string of the molecule is C=CCC[Si](C)(C)CCC=C. The van der Waals surface area contributed by atoms with Crippen molar-refractivity contribution in [2.75, 3.05) is 0 Å². The fourth-order valence-electron chi connectivity index (χ4n) is 1.11. The minimum atomic E-state index is -0.888. The fraction of sp³-hybridized carbons (Fsp3) is 0.600. The number of rotatable bonds is 6. The second-order valence-electron chi connectivity index (χ2n) is 3.82. The zero-order valence-corrected chi connectivity index (χ0v) is 8.90. The molecule has 0 amide bonds. The molecule has 0 heterocycles. The van der Waals surface area contributed by atoms with Crippen molar-refractivity contribution >= 4 is 8.07 Å². The van der Waals surface area contributed by atoms with Crippen LogP contribution in [0.2, 0.25) is 25.2 Å². The van der Waals surface area contributed by atoms with Gasteiger partial charge in [-0.05, 0) is 12.8 Å². The first kappa shape index (κ1) is 10.7. The Hall–Kier alpha value is -0.303. The van der Waals surface area contributed by atoms with Crippen molar-refractivity contribution in [3.8, 4) is 0 Å². The molecule has 0 N–H and O–H groups in total. The lowest BCUT2D eigenvalue weighted by Crippen LogP contribution is -2.23. The average molecular weight is 168 g/mol. The quantitative estimate of drug-likeness (QED) is 0.417. The molecule has 0 fully saturated rings. The minimum absolute atomic E-state index is 0.888. The van der Waals surface area contributed by atoms with E-state index in [4.69, 9.17) is 0 Å². The molecule has 64 valence electrons. The lowest BCUT2D eigenvalue weighted by molar-refractivity contribution is 1.08. The van der Waals surface area contributed by atoms with Gasteiger partial charge in [0.15, 0.2) is 0 Å². The van der Waals surface area contributed by atoms with Gasteiger partial charge in [0.1, 0.15) is 0 Å². The lowest BCUT2D eigenvalue weighted by atomic mass is 10.5. The zero-order chi connectivity index (χ0) is 8.74. The van der Waals surface area contributed by atoms with Crippen LogP contribution in [0.25, 0.3) is 0 Å². The third-order valence-corrected chi connectivity index (χ3v) is 5.33. The van der Waals surface area contributed by atoms with E-state index >= 15 is 0 Å². The Morgan fingerprint density at radius 3 is 1.64 bits per heavy atom. The molecule has 0 aromatic carbocycles. The molecule has 0 bridgehead atoms. The van der Waals surface area contributed by atoms with E-state index < -0.39 is 8.07 Å². The fourth-order valence-corrected chi connectivity index (χ4v) is 3.33. The van der Waals surface area contributed by atoms with Gasteiger partial charge in [-0.3, -0.25) is 0 Å². The smallest absolute Gasteiger partial charge is 0.0479 e. The Balaban J connectivity index is 3.59. The van der Waals surface area contributed by atoms with Crippen molar-refractivity contribution in [2.45, 2.75) is 38.0 Å². The molecular formula is C10H20Si. The van der Waals surface area contributed by atoms with Gasteiger partial charge in [0.25, 0.3) is 0 Å². The predicted molar refractivity (Wildman–Crippen MR) is 56.7 cm³/mol. The first-order chi connectivity index (χ1) is 5.12. The van der Waals surface area contributed by atoms with Crippen molar-refractivity contribution in [1.82, 2.24) is 0 Å². The molecule has 0 rings (SSSR count). The molecule has 0 radical (unpaired) electrons. The van der Waals surface area contributed by atoms with Crippen LogP contribution < -0.4 is 0 Å². The van der Waals surface area contributed by atoms with Crippen molar-refractivity contribution in [3.63, 3.8) is 0 Å². The summed E-state index contributed by atoms with van der Waals surface area (Å²) in [6.45, 7) is 12.4. The van der Waals surface area contributed by atoms with Crippen molar-refractivity contribution in [3.05, 3.63) is 25.3 Å². The van der Waals surface area contributed by atoms with Crippen molar-refractivity contribution in [1.29, 1.82) is 0 Å². The van der Waals surface area contributed by atoms with Crippen LogP contribution in [0.1, 0.15) is 12.8 Å². The van der Waals surface area contributed by atoms with Gasteiger partial charge in [0, 0.05) is 8.07 Å². The molecule has 0 spiro atoms. The van der Waals surface area contributed by atoms with Crippen molar-refractivity contribution in [2.24, 2.45) is 0 Å². The molecule has 0 aliphatic heterocycles. The summed E-state index contributed by atoms with van der Waals surface area (Å²) in [5.74, 6) is 0. The lowest BCUT2D eigenvalue weighted by Gasteiger charge is -2.20. The molecular weight excluding hydrogens is 148 g/mol. The van der Waals surface area contributed by atoms with Gasteiger partial charge in [0.05, 0.1) is 0 Å². The molecule has 1 heteroatoms. The molecule has 11 heavy (non-hydrogen) atoms. The van der Waals surface area contributed by atoms with Crippen molar-refractivity contribution < 1.29 is 0 Å². The Kier molecular flexibility index (Phi) is 5.21.